The number of carbonyl (C=O) groups is 1. The molecule has 0 saturated carbocycles. The molecule has 112 valence electrons. The van der Waals surface area contributed by atoms with Crippen LogP contribution in [0.15, 0.2) is 36.4 Å². The predicted octanol–water partition coefficient (Wildman–Crippen LogP) is 2.76. The summed E-state index contributed by atoms with van der Waals surface area (Å²) in [6, 6.07) is 12.0. The van der Waals surface area contributed by atoms with Crippen LogP contribution in [0.4, 0.5) is 0 Å². The minimum atomic E-state index is -0.199. The lowest BCUT2D eigenvalue weighted by atomic mass is 10.2. The molecule has 0 aliphatic heterocycles. The van der Waals surface area contributed by atoms with Gasteiger partial charge in [-0.2, -0.15) is 0 Å². The molecule has 1 heterocycles. The Morgan fingerprint density at radius 2 is 1.76 bits per heavy atom. The van der Waals surface area contributed by atoms with E-state index in [1.807, 2.05) is 36.4 Å². The Kier molecular flexibility index (Phi) is 5.78. The van der Waals surface area contributed by atoms with Crippen molar-refractivity contribution in [3.63, 3.8) is 0 Å². The average molecular weight is 305 g/mol. The fourth-order valence-corrected chi connectivity index (χ4v) is 2.87. The summed E-state index contributed by atoms with van der Waals surface area (Å²) in [6.45, 7) is 1.59. The van der Waals surface area contributed by atoms with Gasteiger partial charge >= 0.3 is 5.97 Å². The van der Waals surface area contributed by atoms with Crippen molar-refractivity contribution < 1.29 is 14.3 Å². The molecule has 1 N–H and O–H groups in total. The number of thiophene rings is 1. The molecule has 1 aromatic heterocycles. The van der Waals surface area contributed by atoms with Crippen LogP contribution in [0.1, 0.15) is 15.3 Å². The smallest absolute Gasteiger partial charge is 0.310 e. The van der Waals surface area contributed by atoms with Crippen molar-refractivity contribution in [3.8, 4) is 5.75 Å². The summed E-state index contributed by atoms with van der Waals surface area (Å²) in [5.74, 6) is 0.666. The summed E-state index contributed by atoms with van der Waals surface area (Å²) < 4.78 is 9.79. The van der Waals surface area contributed by atoms with Gasteiger partial charge in [-0.25, -0.2) is 0 Å². The van der Waals surface area contributed by atoms with Gasteiger partial charge in [-0.1, -0.05) is 12.1 Å². The summed E-state index contributed by atoms with van der Waals surface area (Å²) >= 11 is 1.63. The fourth-order valence-electron chi connectivity index (χ4n) is 1.90. The molecule has 0 amide bonds. The lowest BCUT2D eigenvalue weighted by molar-refractivity contribution is -0.139. The molecule has 0 atom stereocenters. The van der Waals surface area contributed by atoms with Gasteiger partial charge in [-0.05, 0) is 29.8 Å². The highest BCUT2D eigenvalue weighted by molar-refractivity contribution is 7.12. The monoisotopic (exact) mass is 305 g/mol. The third-order valence-electron chi connectivity index (χ3n) is 3.05. The normalized spacial score (nSPS) is 10.4. The van der Waals surface area contributed by atoms with Crippen LogP contribution in [-0.2, 0) is 29.0 Å². The van der Waals surface area contributed by atoms with Crippen molar-refractivity contribution in [2.45, 2.75) is 19.5 Å². The molecule has 0 unspecified atom stereocenters. The van der Waals surface area contributed by atoms with Crippen LogP contribution in [0.3, 0.4) is 0 Å². The zero-order valence-electron chi connectivity index (χ0n) is 12.2. The van der Waals surface area contributed by atoms with E-state index in [0.717, 1.165) is 23.7 Å². The standard InChI is InChI=1S/C16H19NO3S/c1-19-13-5-3-12(4-6-13)10-17-11-15-8-7-14(21-15)9-16(18)20-2/h3-8,17H,9-11H2,1-2H3. The Bertz CT molecular complexity index is 577. The molecule has 21 heavy (non-hydrogen) atoms. The topological polar surface area (TPSA) is 47.6 Å². The van der Waals surface area contributed by atoms with Crippen LogP contribution in [0, 0.1) is 0 Å². The lowest BCUT2D eigenvalue weighted by Gasteiger charge is -2.05. The highest BCUT2D eigenvalue weighted by atomic mass is 32.1. The first-order valence-electron chi connectivity index (χ1n) is 6.69. The van der Waals surface area contributed by atoms with E-state index < -0.39 is 0 Å². The third kappa shape index (κ3) is 4.88. The van der Waals surface area contributed by atoms with Gasteiger partial charge in [-0.3, -0.25) is 4.79 Å². The first-order valence-corrected chi connectivity index (χ1v) is 7.51. The minimum absolute atomic E-state index is 0.199. The van der Waals surface area contributed by atoms with Crippen LogP contribution in [0.25, 0.3) is 0 Å². The van der Waals surface area contributed by atoms with Crippen LogP contribution in [0.5, 0.6) is 5.75 Å². The quantitative estimate of drug-likeness (QED) is 0.799. The van der Waals surface area contributed by atoms with E-state index in [1.54, 1.807) is 18.4 Å². The van der Waals surface area contributed by atoms with E-state index in [-0.39, 0.29) is 5.97 Å². The SMILES string of the molecule is COC(=O)Cc1ccc(CNCc2ccc(OC)cc2)s1. The van der Waals surface area contributed by atoms with Gasteiger partial charge in [0.2, 0.25) is 0 Å². The largest absolute Gasteiger partial charge is 0.497 e. The Hall–Kier alpha value is -1.85. The molecule has 2 rings (SSSR count). The number of esters is 1. The molecular weight excluding hydrogens is 286 g/mol. The Morgan fingerprint density at radius 1 is 1.05 bits per heavy atom. The molecule has 1 aromatic carbocycles. The molecule has 0 radical (unpaired) electrons. The average Bonchev–Trinajstić information content (AvgIpc) is 2.95. The second kappa shape index (κ2) is 7.81. The zero-order valence-corrected chi connectivity index (χ0v) is 13.0. The molecule has 5 heteroatoms. The fraction of sp³-hybridized carbons (Fsp3) is 0.312. The third-order valence-corrected chi connectivity index (χ3v) is 4.14. The van der Waals surface area contributed by atoms with E-state index >= 15 is 0 Å². The number of ether oxygens (including phenoxy) is 2. The van der Waals surface area contributed by atoms with Gasteiger partial charge in [0, 0.05) is 22.8 Å². The number of rotatable bonds is 7. The Balaban J connectivity index is 1.79. The molecule has 4 nitrogen and oxygen atoms in total. The van der Waals surface area contributed by atoms with Crippen molar-refractivity contribution in [2.24, 2.45) is 0 Å². The van der Waals surface area contributed by atoms with Crippen molar-refractivity contribution >= 4 is 17.3 Å². The van der Waals surface area contributed by atoms with E-state index in [4.69, 9.17) is 4.74 Å². The van der Waals surface area contributed by atoms with Gasteiger partial charge in [-0.15, -0.1) is 11.3 Å². The minimum Gasteiger partial charge on any atom is -0.497 e. The number of hydrogen-bond donors (Lipinski definition) is 1. The zero-order chi connectivity index (χ0) is 15.1. The number of hydrogen-bond acceptors (Lipinski definition) is 5. The van der Waals surface area contributed by atoms with Crippen molar-refractivity contribution in [1.29, 1.82) is 0 Å². The van der Waals surface area contributed by atoms with Crippen molar-refractivity contribution in [3.05, 3.63) is 51.7 Å². The molecule has 2 aromatic rings. The molecule has 0 aliphatic rings. The van der Waals surface area contributed by atoms with E-state index in [1.165, 1.54) is 17.6 Å². The van der Waals surface area contributed by atoms with Crippen LogP contribution < -0.4 is 10.1 Å². The van der Waals surface area contributed by atoms with E-state index in [9.17, 15) is 4.79 Å². The number of methoxy groups -OCH3 is 2. The number of carbonyl (C=O) groups excluding carboxylic acids is 1. The first-order chi connectivity index (χ1) is 10.2. The maximum atomic E-state index is 11.2. The summed E-state index contributed by atoms with van der Waals surface area (Å²) in [7, 11) is 3.07. The number of benzene rings is 1. The van der Waals surface area contributed by atoms with E-state index in [0.29, 0.717) is 6.42 Å². The molecular formula is C16H19NO3S. The summed E-state index contributed by atoms with van der Waals surface area (Å²) in [5.41, 5.74) is 1.21. The summed E-state index contributed by atoms with van der Waals surface area (Å²) in [5, 5.41) is 3.39. The highest BCUT2D eigenvalue weighted by Crippen LogP contribution is 2.17. The van der Waals surface area contributed by atoms with Gasteiger partial charge in [0.15, 0.2) is 0 Å². The predicted molar refractivity (Wildman–Crippen MR) is 83.6 cm³/mol. The second-order valence-electron chi connectivity index (χ2n) is 4.57. The maximum Gasteiger partial charge on any atom is 0.310 e. The van der Waals surface area contributed by atoms with Crippen LogP contribution in [-0.4, -0.2) is 20.2 Å². The van der Waals surface area contributed by atoms with Crippen molar-refractivity contribution in [1.82, 2.24) is 5.32 Å². The van der Waals surface area contributed by atoms with Crippen LogP contribution >= 0.6 is 11.3 Å². The number of nitrogens with one attached hydrogen (secondary N) is 1. The second-order valence-corrected chi connectivity index (χ2v) is 5.83. The first kappa shape index (κ1) is 15.5. The van der Waals surface area contributed by atoms with Crippen molar-refractivity contribution in [2.75, 3.05) is 14.2 Å². The summed E-state index contributed by atoms with van der Waals surface area (Å²) in [6.07, 6.45) is 0.347. The van der Waals surface area contributed by atoms with Gasteiger partial charge in [0.25, 0.3) is 0 Å². The van der Waals surface area contributed by atoms with Gasteiger partial charge in [0.05, 0.1) is 20.6 Å². The lowest BCUT2D eigenvalue weighted by Crippen LogP contribution is -2.11. The molecule has 0 bridgehead atoms. The Labute approximate surface area is 128 Å². The van der Waals surface area contributed by atoms with Crippen LogP contribution in [0.2, 0.25) is 0 Å². The molecule has 0 spiro atoms. The van der Waals surface area contributed by atoms with E-state index in [2.05, 4.69) is 10.1 Å². The van der Waals surface area contributed by atoms with Gasteiger partial charge in [0.1, 0.15) is 5.75 Å². The summed E-state index contributed by atoms with van der Waals surface area (Å²) in [4.78, 5) is 13.4. The van der Waals surface area contributed by atoms with Gasteiger partial charge < -0.3 is 14.8 Å². The molecule has 0 fully saturated rings. The maximum absolute atomic E-state index is 11.2. The molecule has 0 aliphatic carbocycles. The molecule has 0 saturated heterocycles. The Morgan fingerprint density at radius 3 is 2.43 bits per heavy atom. The highest BCUT2D eigenvalue weighted by Gasteiger charge is 2.06.